The van der Waals surface area contributed by atoms with Gasteiger partial charge in [0.1, 0.15) is 16.5 Å². The van der Waals surface area contributed by atoms with E-state index in [0.717, 1.165) is 6.34 Å². The highest BCUT2D eigenvalue weighted by molar-refractivity contribution is 6.44. The van der Waals surface area contributed by atoms with Crippen molar-refractivity contribution < 1.29 is 13.9 Å². The fraction of sp³-hybridized carbons (Fsp3) is 0. The molecule has 0 aliphatic carbocycles. The van der Waals surface area contributed by atoms with E-state index in [1.54, 1.807) is 18.2 Å². The Kier molecular flexibility index (Phi) is 6.74. The van der Waals surface area contributed by atoms with Crippen molar-refractivity contribution in [3.63, 3.8) is 0 Å². The lowest BCUT2D eigenvalue weighted by Crippen LogP contribution is -2.04. The van der Waals surface area contributed by atoms with Crippen LogP contribution in [0.15, 0.2) is 65.4 Å². The Hall–Kier alpha value is -2.41. The van der Waals surface area contributed by atoms with Gasteiger partial charge in [-0.25, -0.2) is 4.99 Å². The average molecular weight is 417 g/mol. The van der Waals surface area contributed by atoms with Crippen molar-refractivity contribution in [2.24, 2.45) is 10.7 Å². The minimum absolute atomic E-state index is 0.0107. The molecule has 0 aliphatic rings. The topological polar surface area (TPSA) is 82.9 Å². The van der Waals surface area contributed by atoms with Crippen LogP contribution >= 0.6 is 34.8 Å². The summed E-state index contributed by atoms with van der Waals surface area (Å²) in [4.78, 5) is 3.63. The number of rotatable bonds is 6. The van der Waals surface area contributed by atoms with Crippen LogP contribution in [0.1, 0.15) is 0 Å². The van der Waals surface area contributed by atoms with E-state index in [1.165, 1.54) is 18.2 Å². The first-order valence-corrected chi connectivity index (χ1v) is 8.15. The fourth-order valence-electron chi connectivity index (χ4n) is 1.75. The Bertz CT molecular complexity index is 901. The molecule has 0 amide bonds. The zero-order valence-electron chi connectivity index (χ0n) is 13.2. The summed E-state index contributed by atoms with van der Waals surface area (Å²) >= 11 is 17.9. The minimum atomic E-state index is -1.02. The van der Waals surface area contributed by atoms with E-state index in [4.69, 9.17) is 55.7 Å². The van der Waals surface area contributed by atoms with Crippen LogP contribution < -0.4 is 20.9 Å². The summed E-state index contributed by atoms with van der Waals surface area (Å²) in [5.74, 6) is -1.72. The van der Waals surface area contributed by atoms with Crippen LogP contribution in [0.3, 0.4) is 0 Å². The van der Waals surface area contributed by atoms with Crippen LogP contribution in [0.4, 0.5) is 10.1 Å². The highest BCUT2D eigenvalue weighted by Crippen LogP contribution is 2.37. The standard InChI is InChI=1S/C17H13Cl3FN3O2/c1-9(25-13-7-6-11(23)14(19)15(13)20)16(21)17(24-8-22)26-12-5-3-2-4-10(12)18/h2-8H,1,23H2,(H2,22,24)/b17-16-. The predicted molar refractivity (Wildman–Crippen MR) is 104 cm³/mol. The second-order valence-electron chi connectivity index (χ2n) is 4.74. The number of benzene rings is 2. The first-order valence-electron chi connectivity index (χ1n) is 7.02. The van der Waals surface area contributed by atoms with Gasteiger partial charge < -0.3 is 20.9 Å². The molecule has 0 unspecified atom stereocenters. The van der Waals surface area contributed by atoms with Crippen LogP contribution in [-0.2, 0) is 0 Å². The Labute approximate surface area is 164 Å². The summed E-state index contributed by atoms with van der Waals surface area (Å²) in [5.41, 5.74) is 11.1. The molecule has 2 aromatic rings. The fourth-order valence-corrected chi connectivity index (χ4v) is 2.29. The van der Waals surface area contributed by atoms with Crippen molar-refractivity contribution in [3.05, 3.63) is 75.5 Å². The summed E-state index contributed by atoms with van der Waals surface area (Å²) in [6.07, 6.45) is 0.853. The molecule has 0 aromatic heterocycles. The monoisotopic (exact) mass is 415 g/mol. The lowest BCUT2D eigenvalue weighted by Gasteiger charge is -2.13. The van der Waals surface area contributed by atoms with E-state index in [1.807, 2.05) is 0 Å². The largest absolute Gasteiger partial charge is 0.453 e. The van der Waals surface area contributed by atoms with Gasteiger partial charge in [-0.05, 0) is 24.3 Å². The third-order valence-corrected chi connectivity index (χ3v) is 4.17. The van der Waals surface area contributed by atoms with Crippen molar-refractivity contribution in [3.8, 4) is 11.5 Å². The molecular weight excluding hydrogens is 404 g/mol. The molecule has 0 bridgehead atoms. The number of ether oxygens (including phenoxy) is 2. The van der Waals surface area contributed by atoms with Crippen molar-refractivity contribution in [1.29, 1.82) is 0 Å². The highest BCUT2D eigenvalue weighted by atomic mass is 35.5. The quantitative estimate of drug-likeness (QED) is 0.219. The number of aliphatic imine (C=N–C) groups is 1. The summed E-state index contributed by atoms with van der Waals surface area (Å²) in [7, 11) is 0. The number of hydrogen-bond acceptors (Lipinski definition) is 4. The predicted octanol–water partition coefficient (Wildman–Crippen LogP) is 5.33. The van der Waals surface area contributed by atoms with Gasteiger partial charge in [-0.2, -0.15) is 4.39 Å². The molecule has 0 spiro atoms. The molecule has 4 N–H and O–H groups in total. The van der Waals surface area contributed by atoms with Crippen LogP contribution in [0, 0.1) is 0 Å². The molecule has 2 rings (SSSR count). The minimum Gasteiger partial charge on any atom is -0.453 e. The number of hydrogen-bond donors (Lipinski definition) is 2. The van der Waals surface area contributed by atoms with Gasteiger partial charge >= 0.3 is 0 Å². The number of anilines is 1. The normalized spacial score (nSPS) is 12.0. The number of nitrogens with two attached hydrogens (primary N) is 2. The molecule has 0 fully saturated rings. The second kappa shape index (κ2) is 8.80. The van der Waals surface area contributed by atoms with Gasteiger partial charge in [-0.3, -0.25) is 0 Å². The lowest BCUT2D eigenvalue weighted by atomic mass is 10.3. The van der Waals surface area contributed by atoms with E-state index in [9.17, 15) is 4.39 Å². The van der Waals surface area contributed by atoms with Gasteiger partial charge in [0, 0.05) is 0 Å². The third kappa shape index (κ3) is 4.60. The molecule has 5 nitrogen and oxygen atoms in total. The number of para-hydroxylation sites is 1. The van der Waals surface area contributed by atoms with Gasteiger partial charge in [0.2, 0.25) is 5.83 Å². The molecular formula is C17H13Cl3FN3O2. The molecule has 0 saturated carbocycles. The molecule has 9 heteroatoms. The Morgan fingerprint density at radius 1 is 1.04 bits per heavy atom. The van der Waals surface area contributed by atoms with E-state index >= 15 is 0 Å². The van der Waals surface area contributed by atoms with E-state index in [-0.39, 0.29) is 32.3 Å². The van der Waals surface area contributed by atoms with Crippen LogP contribution in [0.5, 0.6) is 11.5 Å². The maximum Gasteiger partial charge on any atom is 0.261 e. The average Bonchev–Trinajstić information content (AvgIpc) is 2.63. The molecule has 0 atom stereocenters. The molecule has 0 saturated heterocycles. The van der Waals surface area contributed by atoms with Crippen molar-refractivity contribution >= 4 is 46.8 Å². The van der Waals surface area contributed by atoms with Gasteiger partial charge in [0.05, 0.1) is 22.1 Å². The summed E-state index contributed by atoms with van der Waals surface area (Å²) in [6.45, 7) is 3.49. The Morgan fingerprint density at radius 2 is 1.73 bits per heavy atom. The molecule has 2 aromatic carbocycles. The van der Waals surface area contributed by atoms with E-state index in [0.29, 0.717) is 0 Å². The summed E-state index contributed by atoms with van der Waals surface area (Å²) in [6, 6.07) is 9.32. The van der Waals surface area contributed by atoms with Gasteiger partial charge in [-0.15, -0.1) is 0 Å². The molecule has 136 valence electrons. The zero-order chi connectivity index (χ0) is 19.3. The van der Waals surface area contributed by atoms with Crippen LogP contribution in [-0.4, -0.2) is 6.34 Å². The van der Waals surface area contributed by atoms with Crippen LogP contribution in [0.25, 0.3) is 0 Å². The van der Waals surface area contributed by atoms with Crippen molar-refractivity contribution in [2.75, 3.05) is 5.73 Å². The zero-order valence-corrected chi connectivity index (χ0v) is 15.4. The molecule has 0 heterocycles. The Balaban J connectivity index is 2.32. The highest BCUT2D eigenvalue weighted by Gasteiger charge is 2.18. The molecule has 0 radical (unpaired) electrons. The molecule has 0 aliphatic heterocycles. The van der Waals surface area contributed by atoms with Gasteiger partial charge in [0.25, 0.3) is 5.88 Å². The SMILES string of the molecule is C=C(Oc1ccc(N)c(Cl)c1Cl)/C(F)=C(\N=C/N)Oc1ccccc1Cl. The van der Waals surface area contributed by atoms with Gasteiger partial charge in [0.15, 0.2) is 5.76 Å². The van der Waals surface area contributed by atoms with Gasteiger partial charge in [-0.1, -0.05) is 53.5 Å². The summed E-state index contributed by atoms with van der Waals surface area (Å²) < 4.78 is 25.3. The third-order valence-electron chi connectivity index (χ3n) is 2.98. The maximum absolute atomic E-state index is 14.7. The van der Waals surface area contributed by atoms with E-state index < -0.39 is 17.5 Å². The number of halogens is 4. The number of nitrogen functional groups attached to an aromatic ring is 1. The second-order valence-corrected chi connectivity index (χ2v) is 5.90. The first-order chi connectivity index (χ1) is 12.3. The molecule has 26 heavy (non-hydrogen) atoms. The van der Waals surface area contributed by atoms with E-state index in [2.05, 4.69) is 11.6 Å². The van der Waals surface area contributed by atoms with Crippen molar-refractivity contribution in [2.45, 2.75) is 0 Å². The Morgan fingerprint density at radius 3 is 2.38 bits per heavy atom. The maximum atomic E-state index is 14.7. The lowest BCUT2D eigenvalue weighted by molar-refractivity contribution is 0.356. The first kappa shape index (κ1) is 19.9. The smallest absolute Gasteiger partial charge is 0.261 e. The number of nitrogens with zero attached hydrogens (tertiary/aromatic N) is 1. The van der Waals surface area contributed by atoms with Crippen molar-refractivity contribution in [1.82, 2.24) is 0 Å². The van der Waals surface area contributed by atoms with Crippen LogP contribution in [0.2, 0.25) is 15.1 Å². The number of allylic oxidation sites excluding steroid dienone is 1. The summed E-state index contributed by atoms with van der Waals surface area (Å²) in [5, 5.41) is 0.343.